The Hall–Kier alpha value is -1.52. The van der Waals surface area contributed by atoms with Gasteiger partial charge in [-0.3, -0.25) is 0 Å². The summed E-state index contributed by atoms with van der Waals surface area (Å²) in [7, 11) is 1.64. The molecule has 0 spiro atoms. The van der Waals surface area contributed by atoms with Gasteiger partial charge in [-0.15, -0.1) is 11.8 Å². The van der Waals surface area contributed by atoms with Gasteiger partial charge in [0.25, 0.3) is 0 Å². The van der Waals surface area contributed by atoms with E-state index in [1.54, 1.807) is 31.0 Å². The summed E-state index contributed by atoms with van der Waals surface area (Å²) in [4.78, 5) is 0.889. The topological polar surface area (TPSA) is 35.2 Å². The highest BCUT2D eigenvalue weighted by Gasteiger charge is 2.20. The quantitative estimate of drug-likeness (QED) is 0.803. The normalized spacial score (nSPS) is 13.7. The van der Waals surface area contributed by atoms with Gasteiger partial charge >= 0.3 is 0 Å². The zero-order valence-corrected chi connectivity index (χ0v) is 13.1. The summed E-state index contributed by atoms with van der Waals surface area (Å²) in [6.07, 6.45) is 0.860. The predicted molar refractivity (Wildman–Crippen MR) is 86.3 cm³/mol. The second kappa shape index (κ2) is 7.48. The van der Waals surface area contributed by atoms with Crippen molar-refractivity contribution in [3.05, 3.63) is 59.9 Å². The SMILES string of the molecule is CCC(N)C(Sc1cccc(F)c1)c1ccc(OC)cc1. The van der Waals surface area contributed by atoms with Crippen molar-refractivity contribution >= 4 is 11.8 Å². The molecule has 0 aliphatic heterocycles. The third-order valence-electron chi connectivity index (χ3n) is 3.36. The van der Waals surface area contributed by atoms with Gasteiger partial charge in [0.05, 0.1) is 7.11 Å². The largest absolute Gasteiger partial charge is 0.497 e. The number of halogens is 1. The molecule has 21 heavy (non-hydrogen) atoms. The molecule has 0 saturated heterocycles. The van der Waals surface area contributed by atoms with Crippen LogP contribution < -0.4 is 10.5 Å². The Bertz CT molecular complexity index is 573. The maximum Gasteiger partial charge on any atom is 0.124 e. The number of nitrogens with two attached hydrogens (primary N) is 1. The van der Waals surface area contributed by atoms with E-state index in [9.17, 15) is 4.39 Å². The van der Waals surface area contributed by atoms with Gasteiger partial charge in [-0.05, 0) is 42.3 Å². The molecule has 0 heterocycles. The minimum absolute atomic E-state index is 0.00617. The fourth-order valence-corrected chi connectivity index (χ4v) is 3.39. The van der Waals surface area contributed by atoms with Crippen LogP contribution in [-0.4, -0.2) is 13.2 Å². The molecule has 2 aromatic carbocycles. The van der Waals surface area contributed by atoms with Gasteiger partial charge in [0.1, 0.15) is 11.6 Å². The van der Waals surface area contributed by atoms with E-state index in [0.29, 0.717) is 0 Å². The van der Waals surface area contributed by atoms with E-state index in [4.69, 9.17) is 10.5 Å². The number of hydrogen-bond donors (Lipinski definition) is 1. The average molecular weight is 305 g/mol. The molecule has 0 radical (unpaired) electrons. The molecule has 2 nitrogen and oxygen atoms in total. The molecule has 2 atom stereocenters. The van der Waals surface area contributed by atoms with Crippen LogP contribution in [0.2, 0.25) is 0 Å². The van der Waals surface area contributed by atoms with E-state index >= 15 is 0 Å². The van der Waals surface area contributed by atoms with Crippen LogP contribution in [0.15, 0.2) is 53.4 Å². The van der Waals surface area contributed by atoms with Gasteiger partial charge < -0.3 is 10.5 Å². The van der Waals surface area contributed by atoms with Crippen molar-refractivity contribution in [1.29, 1.82) is 0 Å². The van der Waals surface area contributed by atoms with Crippen LogP contribution in [0.25, 0.3) is 0 Å². The molecule has 2 rings (SSSR count). The second-order valence-corrected chi connectivity index (χ2v) is 6.06. The average Bonchev–Trinajstić information content (AvgIpc) is 2.52. The lowest BCUT2D eigenvalue weighted by atomic mass is 10.0. The Balaban J connectivity index is 2.25. The molecular weight excluding hydrogens is 285 g/mol. The molecule has 112 valence electrons. The Morgan fingerprint density at radius 1 is 1.19 bits per heavy atom. The molecule has 2 aromatic rings. The van der Waals surface area contributed by atoms with Crippen molar-refractivity contribution in [3.8, 4) is 5.75 Å². The molecular formula is C17H20FNOS. The Kier molecular flexibility index (Phi) is 5.65. The molecule has 2 unspecified atom stereocenters. The maximum atomic E-state index is 13.3. The number of rotatable bonds is 6. The van der Waals surface area contributed by atoms with Gasteiger partial charge in [-0.1, -0.05) is 25.1 Å². The molecule has 4 heteroatoms. The Morgan fingerprint density at radius 3 is 2.48 bits per heavy atom. The number of ether oxygens (including phenoxy) is 1. The number of methoxy groups -OCH3 is 1. The van der Waals surface area contributed by atoms with Gasteiger partial charge in [-0.2, -0.15) is 0 Å². The monoisotopic (exact) mass is 305 g/mol. The Morgan fingerprint density at radius 2 is 1.90 bits per heavy atom. The van der Waals surface area contributed by atoms with Crippen molar-refractivity contribution in [3.63, 3.8) is 0 Å². The minimum Gasteiger partial charge on any atom is -0.497 e. The lowest BCUT2D eigenvalue weighted by Crippen LogP contribution is -2.25. The van der Waals surface area contributed by atoms with E-state index in [1.165, 1.54) is 6.07 Å². The molecule has 0 bridgehead atoms. The van der Waals surface area contributed by atoms with Crippen LogP contribution >= 0.6 is 11.8 Å². The van der Waals surface area contributed by atoms with Crippen molar-refractivity contribution in [1.82, 2.24) is 0 Å². The molecule has 0 aliphatic carbocycles. The van der Waals surface area contributed by atoms with Gasteiger partial charge in [-0.25, -0.2) is 4.39 Å². The second-order valence-electron chi connectivity index (χ2n) is 4.84. The van der Waals surface area contributed by atoms with Crippen molar-refractivity contribution in [2.24, 2.45) is 5.73 Å². The first-order valence-electron chi connectivity index (χ1n) is 6.95. The minimum atomic E-state index is -0.224. The van der Waals surface area contributed by atoms with Crippen LogP contribution in [0.1, 0.15) is 24.2 Å². The van der Waals surface area contributed by atoms with Crippen molar-refractivity contribution < 1.29 is 9.13 Å². The number of hydrogen-bond acceptors (Lipinski definition) is 3. The molecule has 0 saturated carbocycles. The predicted octanol–water partition coefficient (Wildman–Crippen LogP) is 4.41. The molecule has 0 aromatic heterocycles. The molecule has 0 amide bonds. The fourth-order valence-electron chi connectivity index (χ4n) is 2.10. The zero-order valence-electron chi connectivity index (χ0n) is 12.3. The van der Waals surface area contributed by atoms with Gasteiger partial charge in [0, 0.05) is 16.2 Å². The summed E-state index contributed by atoms with van der Waals surface area (Å²) in [5, 5.41) is 0.0858. The first-order chi connectivity index (χ1) is 10.1. The molecule has 0 fully saturated rings. The number of benzene rings is 2. The summed E-state index contributed by atoms with van der Waals surface area (Å²) in [6, 6.07) is 14.5. The van der Waals surface area contributed by atoms with Gasteiger partial charge in [0.2, 0.25) is 0 Å². The van der Waals surface area contributed by atoms with Crippen molar-refractivity contribution in [2.75, 3.05) is 7.11 Å². The highest BCUT2D eigenvalue weighted by atomic mass is 32.2. The van der Waals surface area contributed by atoms with Gasteiger partial charge in [0.15, 0.2) is 0 Å². The third-order valence-corrected chi connectivity index (χ3v) is 4.77. The van der Waals surface area contributed by atoms with Crippen LogP contribution in [0, 0.1) is 5.82 Å². The smallest absolute Gasteiger partial charge is 0.124 e. The van der Waals surface area contributed by atoms with E-state index in [1.807, 2.05) is 30.3 Å². The lowest BCUT2D eigenvalue weighted by Gasteiger charge is -2.23. The highest BCUT2D eigenvalue weighted by molar-refractivity contribution is 7.99. The highest BCUT2D eigenvalue weighted by Crippen LogP contribution is 2.38. The summed E-state index contributed by atoms with van der Waals surface area (Å²) in [6.45, 7) is 2.06. The van der Waals surface area contributed by atoms with E-state index in [0.717, 1.165) is 22.6 Å². The fraction of sp³-hybridized carbons (Fsp3) is 0.294. The molecule has 0 aliphatic rings. The first kappa shape index (κ1) is 15.9. The molecule has 2 N–H and O–H groups in total. The van der Waals surface area contributed by atoms with Crippen LogP contribution in [-0.2, 0) is 0 Å². The first-order valence-corrected chi connectivity index (χ1v) is 7.83. The number of thioether (sulfide) groups is 1. The third kappa shape index (κ3) is 4.22. The van der Waals surface area contributed by atoms with E-state index < -0.39 is 0 Å². The lowest BCUT2D eigenvalue weighted by molar-refractivity contribution is 0.414. The summed E-state index contributed by atoms with van der Waals surface area (Å²) in [5.41, 5.74) is 7.38. The van der Waals surface area contributed by atoms with E-state index in [-0.39, 0.29) is 17.1 Å². The van der Waals surface area contributed by atoms with Crippen LogP contribution in [0.5, 0.6) is 5.75 Å². The van der Waals surface area contributed by atoms with E-state index in [2.05, 4.69) is 6.92 Å². The summed E-state index contributed by atoms with van der Waals surface area (Å²) < 4.78 is 18.5. The summed E-state index contributed by atoms with van der Waals surface area (Å²) in [5.74, 6) is 0.594. The maximum absolute atomic E-state index is 13.3. The van der Waals surface area contributed by atoms with Crippen molar-refractivity contribution in [2.45, 2.75) is 29.5 Å². The Labute approximate surface area is 129 Å². The summed E-state index contributed by atoms with van der Waals surface area (Å²) >= 11 is 1.60. The van der Waals surface area contributed by atoms with Crippen LogP contribution in [0.4, 0.5) is 4.39 Å². The van der Waals surface area contributed by atoms with Crippen LogP contribution in [0.3, 0.4) is 0 Å². The standard InChI is InChI=1S/C17H20FNOS/c1-3-16(19)17(12-7-9-14(20-2)10-8-12)21-15-6-4-5-13(18)11-15/h4-11,16-17H,3,19H2,1-2H3. The zero-order chi connectivity index (χ0) is 15.2.